The third-order valence-corrected chi connectivity index (χ3v) is 8.37. The molecular formula is C23H40N2O3. The molecule has 0 spiro atoms. The van der Waals surface area contributed by atoms with Crippen molar-refractivity contribution in [1.82, 2.24) is 0 Å². The van der Waals surface area contributed by atoms with Gasteiger partial charge < -0.3 is 15.7 Å². The number of hydrogen-bond acceptors (Lipinski definition) is 5. The average molecular weight is 393 g/mol. The second-order valence-corrected chi connectivity index (χ2v) is 10.1. The van der Waals surface area contributed by atoms with E-state index >= 15 is 0 Å². The lowest BCUT2D eigenvalue weighted by Crippen LogP contribution is -2.56. The molecule has 2 unspecified atom stereocenters. The number of hydrogen-bond donors (Lipinski definition) is 2. The second kappa shape index (κ2) is 8.83. The first-order valence-corrected chi connectivity index (χ1v) is 11.4. The molecule has 0 aromatic rings. The summed E-state index contributed by atoms with van der Waals surface area (Å²) in [6.07, 6.45) is 10.5. The SMILES string of the molecule is CCC[C@@]1(C)CC[C@H]2[C@@H](CCC3C[C@@H](O)C(C/C=N\OCCN)C[C@@]32C)C1=O. The molecule has 3 aliphatic rings. The molecule has 0 radical (unpaired) electrons. The number of rotatable bonds is 7. The number of nitrogens with two attached hydrogens (primary N) is 1. The van der Waals surface area contributed by atoms with Crippen molar-refractivity contribution < 1.29 is 14.7 Å². The van der Waals surface area contributed by atoms with Gasteiger partial charge in [-0.05, 0) is 74.5 Å². The maximum absolute atomic E-state index is 13.4. The number of nitrogens with zero attached hydrogens (tertiary/aromatic N) is 1. The number of aliphatic hydroxyl groups excluding tert-OH is 1. The highest BCUT2D eigenvalue weighted by Crippen LogP contribution is 2.61. The first-order chi connectivity index (χ1) is 13.4. The fraction of sp³-hybridized carbons (Fsp3) is 0.913. The molecule has 0 aromatic carbocycles. The van der Waals surface area contributed by atoms with Crippen LogP contribution in [0.1, 0.15) is 78.6 Å². The van der Waals surface area contributed by atoms with Gasteiger partial charge >= 0.3 is 0 Å². The Morgan fingerprint density at radius 3 is 2.82 bits per heavy atom. The van der Waals surface area contributed by atoms with Crippen LogP contribution in [0.2, 0.25) is 0 Å². The fourth-order valence-electron chi connectivity index (χ4n) is 6.83. The fourth-order valence-corrected chi connectivity index (χ4v) is 6.83. The van der Waals surface area contributed by atoms with Gasteiger partial charge in [0.15, 0.2) is 0 Å². The monoisotopic (exact) mass is 392 g/mol. The van der Waals surface area contributed by atoms with E-state index in [1.807, 2.05) is 0 Å². The van der Waals surface area contributed by atoms with Crippen LogP contribution in [0, 0.1) is 34.5 Å². The van der Waals surface area contributed by atoms with Crippen molar-refractivity contribution >= 4 is 12.0 Å². The summed E-state index contributed by atoms with van der Waals surface area (Å²) in [4.78, 5) is 18.5. The molecule has 3 N–H and O–H groups in total. The summed E-state index contributed by atoms with van der Waals surface area (Å²) in [5.41, 5.74) is 5.45. The van der Waals surface area contributed by atoms with Crippen molar-refractivity contribution in [3.8, 4) is 0 Å². The Balaban J connectivity index is 1.72. The van der Waals surface area contributed by atoms with Gasteiger partial charge in [0.1, 0.15) is 12.4 Å². The predicted molar refractivity (Wildman–Crippen MR) is 112 cm³/mol. The van der Waals surface area contributed by atoms with E-state index in [0.29, 0.717) is 30.8 Å². The highest BCUT2D eigenvalue weighted by molar-refractivity contribution is 5.88. The van der Waals surface area contributed by atoms with Crippen LogP contribution in [0.3, 0.4) is 0 Å². The Bertz CT molecular complexity index is 580. The van der Waals surface area contributed by atoms with Crippen LogP contribution >= 0.6 is 0 Å². The minimum Gasteiger partial charge on any atom is -0.395 e. The lowest BCUT2D eigenvalue weighted by Gasteiger charge is -2.59. The van der Waals surface area contributed by atoms with Gasteiger partial charge in [0.25, 0.3) is 0 Å². The van der Waals surface area contributed by atoms with Gasteiger partial charge in [-0.1, -0.05) is 32.3 Å². The Hall–Kier alpha value is -0.940. The molecule has 5 nitrogen and oxygen atoms in total. The molecular weight excluding hydrogens is 352 g/mol. The molecule has 3 rings (SSSR count). The Morgan fingerprint density at radius 1 is 1.32 bits per heavy atom. The summed E-state index contributed by atoms with van der Waals surface area (Å²) >= 11 is 0. The third kappa shape index (κ3) is 4.02. The normalized spacial score (nSPS) is 43.6. The van der Waals surface area contributed by atoms with E-state index in [2.05, 4.69) is 25.9 Å². The number of carbonyl (C=O) groups is 1. The zero-order valence-corrected chi connectivity index (χ0v) is 18.0. The lowest BCUT2D eigenvalue weighted by atomic mass is 9.45. The first kappa shape index (κ1) is 21.8. The van der Waals surface area contributed by atoms with Crippen LogP contribution in [0.15, 0.2) is 5.16 Å². The molecule has 0 aliphatic heterocycles. The number of carbonyl (C=O) groups excluding carboxylic acids is 1. The summed E-state index contributed by atoms with van der Waals surface area (Å²) < 4.78 is 0. The molecule has 7 atom stereocenters. The molecule has 0 bridgehead atoms. The summed E-state index contributed by atoms with van der Waals surface area (Å²) in [5.74, 6) is 1.97. The van der Waals surface area contributed by atoms with Crippen LogP contribution in [0.5, 0.6) is 0 Å². The van der Waals surface area contributed by atoms with Crippen LogP contribution in [-0.2, 0) is 9.63 Å². The van der Waals surface area contributed by atoms with Crippen molar-refractivity contribution in [2.75, 3.05) is 13.2 Å². The van der Waals surface area contributed by atoms with Gasteiger partial charge in [-0.15, -0.1) is 0 Å². The van der Waals surface area contributed by atoms with Crippen molar-refractivity contribution in [3.63, 3.8) is 0 Å². The van der Waals surface area contributed by atoms with E-state index < -0.39 is 0 Å². The zero-order valence-electron chi connectivity index (χ0n) is 18.0. The molecule has 3 fully saturated rings. The Labute approximate surface area is 170 Å². The number of fused-ring (bicyclic) bond motifs is 3. The van der Waals surface area contributed by atoms with E-state index in [1.165, 1.54) is 0 Å². The van der Waals surface area contributed by atoms with E-state index in [4.69, 9.17) is 10.6 Å². The topological polar surface area (TPSA) is 84.9 Å². The molecule has 3 saturated carbocycles. The van der Waals surface area contributed by atoms with E-state index in [9.17, 15) is 9.90 Å². The van der Waals surface area contributed by atoms with Crippen LogP contribution in [0.4, 0.5) is 0 Å². The van der Waals surface area contributed by atoms with Gasteiger partial charge in [-0.25, -0.2) is 0 Å². The molecule has 0 aromatic heterocycles. The number of Topliss-reactive ketones (excluding diaryl/α,β-unsaturated/α-hetero) is 1. The summed E-state index contributed by atoms with van der Waals surface area (Å²) in [7, 11) is 0. The molecule has 28 heavy (non-hydrogen) atoms. The summed E-state index contributed by atoms with van der Waals surface area (Å²) in [6, 6.07) is 0. The van der Waals surface area contributed by atoms with Gasteiger partial charge in [-0.2, -0.15) is 0 Å². The van der Waals surface area contributed by atoms with Gasteiger partial charge in [0.2, 0.25) is 0 Å². The highest BCUT2D eigenvalue weighted by atomic mass is 16.6. The first-order valence-electron chi connectivity index (χ1n) is 11.4. The van der Waals surface area contributed by atoms with Crippen molar-refractivity contribution in [2.24, 2.45) is 45.4 Å². The third-order valence-electron chi connectivity index (χ3n) is 8.37. The average Bonchev–Trinajstić information content (AvgIpc) is 2.66. The lowest BCUT2D eigenvalue weighted by molar-refractivity contribution is -0.157. The molecule has 5 heteroatoms. The maximum Gasteiger partial charge on any atom is 0.142 e. The van der Waals surface area contributed by atoms with E-state index in [0.717, 1.165) is 57.8 Å². The zero-order chi connectivity index (χ0) is 20.4. The molecule has 0 amide bonds. The van der Waals surface area contributed by atoms with Crippen molar-refractivity contribution in [3.05, 3.63) is 0 Å². The standard InChI is InChI=1S/C23H40N2O3/c1-4-9-22(2)10-7-19-18(21(22)27)6-5-17-14-20(26)16(15-23(17,19)3)8-12-25-28-13-11-24/h12,16-20,26H,4-11,13-15,24H2,1-3H3/b25-12-/t16?,17?,18-,19+,20-,22+,23+/m1/s1. The van der Waals surface area contributed by atoms with Crippen LogP contribution in [0.25, 0.3) is 0 Å². The van der Waals surface area contributed by atoms with Crippen LogP contribution in [-0.4, -0.2) is 36.4 Å². The number of aliphatic hydroxyl groups is 1. The molecule has 3 aliphatic carbocycles. The second-order valence-electron chi connectivity index (χ2n) is 10.1. The highest BCUT2D eigenvalue weighted by Gasteiger charge is 2.57. The number of ketones is 1. The minimum absolute atomic E-state index is 0.111. The van der Waals surface area contributed by atoms with Gasteiger partial charge in [0, 0.05) is 24.1 Å². The van der Waals surface area contributed by atoms with Crippen LogP contribution < -0.4 is 5.73 Å². The quantitative estimate of drug-likeness (QED) is 0.391. The number of oxime groups is 1. The predicted octanol–water partition coefficient (Wildman–Crippen LogP) is 3.93. The summed E-state index contributed by atoms with van der Waals surface area (Å²) in [6.45, 7) is 7.68. The maximum atomic E-state index is 13.4. The van der Waals surface area contributed by atoms with E-state index in [-0.39, 0.29) is 28.8 Å². The smallest absolute Gasteiger partial charge is 0.142 e. The largest absolute Gasteiger partial charge is 0.395 e. The Morgan fingerprint density at radius 2 is 2.11 bits per heavy atom. The van der Waals surface area contributed by atoms with Gasteiger partial charge in [0.05, 0.1) is 6.10 Å². The van der Waals surface area contributed by atoms with Crippen molar-refractivity contribution in [2.45, 2.75) is 84.7 Å². The van der Waals surface area contributed by atoms with Crippen molar-refractivity contribution in [1.29, 1.82) is 0 Å². The molecule has 0 heterocycles. The Kier molecular flexibility index (Phi) is 6.86. The van der Waals surface area contributed by atoms with E-state index in [1.54, 1.807) is 6.21 Å². The molecule has 160 valence electrons. The molecule has 0 saturated heterocycles. The summed E-state index contributed by atoms with van der Waals surface area (Å²) in [5, 5.41) is 14.7. The minimum atomic E-state index is -0.278. The van der Waals surface area contributed by atoms with Gasteiger partial charge in [-0.3, -0.25) is 4.79 Å².